The second kappa shape index (κ2) is 4.64. The van der Waals surface area contributed by atoms with Crippen molar-refractivity contribution in [3.63, 3.8) is 0 Å². The molecule has 3 N–H and O–H groups in total. The molecule has 0 aromatic carbocycles. The highest BCUT2D eigenvalue weighted by Crippen LogP contribution is 2.30. The Balaban J connectivity index is 2.17. The molecule has 2 rings (SSSR count). The molecule has 1 aromatic heterocycles. The van der Waals surface area contributed by atoms with Gasteiger partial charge < -0.3 is 15.4 Å². The quantitative estimate of drug-likeness (QED) is 0.727. The Morgan fingerprint density at radius 3 is 2.44 bits per heavy atom. The molecule has 1 heterocycles. The largest absolute Gasteiger partial charge is 0.480 e. The van der Waals surface area contributed by atoms with Crippen LogP contribution in [0.5, 0.6) is 0 Å². The second-order valence-electron chi connectivity index (χ2n) is 4.49. The summed E-state index contributed by atoms with van der Waals surface area (Å²) in [6, 6.07) is 2.61. The number of hydrogen-bond acceptors (Lipinski definition) is 3. The van der Waals surface area contributed by atoms with Gasteiger partial charge >= 0.3 is 5.97 Å². The average molecular weight is 250 g/mol. The van der Waals surface area contributed by atoms with E-state index in [1.807, 2.05) is 0 Å². The van der Waals surface area contributed by atoms with Crippen molar-refractivity contribution in [3.05, 3.63) is 34.2 Å². The van der Waals surface area contributed by atoms with Gasteiger partial charge in [0.2, 0.25) is 5.56 Å². The van der Waals surface area contributed by atoms with Crippen LogP contribution in [0.3, 0.4) is 0 Å². The fourth-order valence-electron chi connectivity index (χ4n) is 2.21. The molecular weight excluding hydrogens is 236 g/mol. The molecule has 18 heavy (non-hydrogen) atoms. The molecule has 0 aliphatic heterocycles. The van der Waals surface area contributed by atoms with Crippen molar-refractivity contribution in [3.8, 4) is 0 Å². The summed E-state index contributed by atoms with van der Waals surface area (Å²) in [5.74, 6) is -1.48. The van der Waals surface area contributed by atoms with Crippen molar-refractivity contribution >= 4 is 11.9 Å². The number of carboxylic acid groups (broad SMARTS) is 1. The first-order valence-electron chi connectivity index (χ1n) is 5.78. The highest BCUT2D eigenvalue weighted by atomic mass is 16.4. The van der Waals surface area contributed by atoms with E-state index in [0.29, 0.717) is 12.8 Å². The summed E-state index contributed by atoms with van der Waals surface area (Å²) in [6.07, 6.45) is 3.74. The number of hydrogen-bond donors (Lipinski definition) is 3. The van der Waals surface area contributed by atoms with Crippen molar-refractivity contribution in [2.75, 3.05) is 0 Å². The summed E-state index contributed by atoms with van der Waals surface area (Å²) < 4.78 is 0. The summed E-state index contributed by atoms with van der Waals surface area (Å²) in [7, 11) is 0. The third kappa shape index (κ3) is 2.27. The number of carbonyl (C=O) groups excluding carboxylic acids is 1. The maximum absolute atomic E-state index is 11.9. The van der Waals surface area contributed by atoms with Crippen LogP contribution in [0.1, 0.15) is 36.0 Å². The lowest BCUT2D eigenvalue weighted by Crippen LogP contribution is -2.52. The zero-order valence-corrected chi connectivity index (χ0v) is 9.73. The molecule has 0 unspecified atom stereocenters. The number of carboxylic acids is 1. The third-order valence-electron chi connectivity index (χ3n) is 3.27. The monoisotopic (exact) mass is 250 g/mol. The van der Waals surface area contributed by atoms with Crippen molar-refractivity contribution in [2.45, 2.75) is 31.2 Å². The molecule has 1 saturated carbocycles. The molecule has 1 amide bonds. The number of rotatable bonds is 3. The number of H-pyrrole nitrogens is 1. The highest BCUT2D eigenvalue weighted by molar-refractivity contribution is 5.97. The molecule has 0 bridgehead atoms. The van der Waals surface area contributed by atoms with Gasteiger partial charge in [0, 0.05) is 12.3 Å². The number of aromatic amines is 1. The fourth-order valence-corrected chi connectivity index (χ4v) is 2.21. The van der Waals surface area contributed by atoms with Crippen LogP contribution in [0, 0.1) is 0 Å². The summed E-state index contributed by atoms with van der Waals surface area (Å²) in [5.41, 5.74) is -1.21. The van der Waals surface area contributed by atoms with Crippen LogP contribution in [0.15, 0.2) is 23.1 Å². The minimum atomic E-state index is -1.16. The second-order valence-corrected chi connectivity index (χ2v) is 4.49. The standard InChI is InChI=1S/C12H14N2O4/c15-9-4-3-8(7-13-9)10(16)14-12(11(17)18)5-1-2-6-12/h3-4,7H,1-2,5-6H2,(H,13,15)(H,14,16)(H,17,18). The van der Waals surface area contributed by atoms with Gasteiger partial charge in [0.05, 0.1) is 5.56 Å². The smallest absolute Gasteiger partial charge is 0.329 e. The predicted octanol–water partition coefficient (Wildman–Crippen LogP) is 0.502. The van der Waals surface area contributed by atoms with Gasteiger partial charge in [-0.2, -0.15) is 0 Å². The summed E-state index contributed by atoms with van der Waals surface area (Å²) in [5, 5.41) is 11.8. The normalized spacial score (nSPS) is 17.3. The van der Waals surface area contributed by atoms with Crippen molar-refractivity contribution in [2.24, 2.45) is 0 Å². The SMILES string of the molecule is O=C(NC1(C(=O)O)CCCC1)c1ccc(=O)[nH]c1. The molecule has 6 heteroatoms. The molecule has 1 aliphatic rings. The van der Waals surface area contributed by atoms with E-state index < -0.39 is 17.4 Å². The number of pyridine rings is 1. The average Bonchev–Trinajstić information content (AvgIpc) is 2.79. The van der Waals surface area contributed by atoms with Crippen LogP contribution >= 0.6 is 0 Å². The number of nitrogens with one attached hydrogen (secondary N) is 2. The van der Waals surface area contributed by atoms with E-state index in [-0.39, 0.29) is 11.1 Å². The van der Waals surface area contributed by atoms with E-state index in [9.17, 15) is 19.5 Å². The van der Waals surface area contributed by atoms with E-state index in [4.69, 9.17) is 0 Å². The topological polar surface area (TPSA) is 99.3 Å². The zero-order chi connectivity index (χ0) is 13.2. The zero-order valence-electron chi connectivity index (χ0n) is 9.73. The van der Waals surface area contributed by atoms with Crippen LogP contribution in [-0.2, 0) is 4.79 Å². The molecule has 0 saturated heterocycles. The Hall–Kier alpha value is -2.11. The van der Waals surface area contributed by atoms with Crippen LogP contribution < -0.4 is 10.9 Å². The lowest BCUT2D eigenvalue weighted by Gasteiger charge is -2.25. The first kappa shape index (κ1) is 12.3. The minimum Gasteiger partial charge on any atom is -0.480 e. The molecule has 6 nitrogen and oxygen atoms in total. The Morgan fingerprint density at radius 2 is 1.94 bits per heavy atom. The Morgan fingerprint density at radius 1 is 1.28 bits per heavy atom. The number of amides is 1. The first-order chi connectivity index (χ1) is 8.53. The third-order valence-corrected chi connectivity index (χ3v) is 3.27. The first-order valence-corrected chi connectivity index (χ1v) is 5.78. The van der Waals surface area contributed by atoms with Gasteiger partial charge in [-0.15, -0.1) is 0 Å². The lowest BCUT2D eigenvalue weighted by atomic mass is 9.97. The van der Waals surface area contributed by atoms with Crippen molar-refractivity contribution in [1.29, 1.82) is 0 Å². The van der Waals surface area contributed by atoms with Gasteiger partial charge in [-0.25, -0.2) is 4.79 Å². The van der Waals surface area contributed by atoms with E-state index in [0.717, 1.165) is 12.8 Å². The number of carbonyl (C=O) groups is 2. The molecule has 0 atom stereocenters. The highest BCUT2D eigenvalue weighted by Gasteiger charge is 2.42. The Bertz CT molecular complexity index is 509. The molecule has 0 spiro atoms. The maximum atomic E-state index is 11.9. The Labute approximate surface area is 103 Å². The van der Waals surface area contributed by atoms with E-state index in [2.05, 4.69) is 10.3 Å². The van der Waals surface area contributed by atoms with Gasteiger partial charge in [-0.3, -0.25) is 9.59 Å². The van der Waals surface area contributed by atoms with Crippen molar-refractivity contribution < 1.29 is 14.7 Å². The maximum Gasteiger partial charge on any atom is 0.329 e. The van der Waals surface area contributed by atoms with Crippen LogP contribution in [-0.4, -0.2) is 27.5 Å². The minimum absolute atomic E-state index is 0.252. The molecule has 0 radical (unpaired) electrons. The van der Waals surface area contributed by atoms with Gasteiger partial charge in [-0.05, 0) is 18.9 Å². The van der Waals surface area contributed by atoms with Gasteiger partial charge in [0.15, 0.2) is 0 Å². The van der Waals surface area contributed by atoms with E-state index >= 15 is 0 Å². The molecule has 1 aliphatic carbocycles. The van der Waals surface area contributed by atoms with Gasteiger partial charge in [-0.1, -0.05) is 12.8 Å². The Kier molecular flexibility index (Phi) is 3.18. The van der Waals surface area contributed by atoms with E-state index in [1.165, 1.54) is 18.3 Å². The molecule has 96 valence electrons. The summed E-state index contributed by atoms with van der Waals surface area (Å²) >= 11 is 0. The fraction of sp³-hybridized carbons (Fsp3) is 0.417. The van der Waals surface area contributed by atoms with Crippen LogP contribution in [0.4, 0.5) is 0 Å². The van der Waals surface area contributed by atoms with E-state index in [1.54, 1.807) is 0 Å². The number of aromatic nitrogens is 1. The predicted molar refractivity (Wildman–Crippen MR) is 63.4 cm³/mol. The van der Waals surface area contributed by atoms with Gasteiger partial charge in [0.25, 0.3) is 5.91 Å². The molecular formula is C12H14N2O4. The van der Waals surface area contributed by atoms with Crippen LogP contribution in [0.25, 0.3) is 0 Å². The van der Waals surface area contributed by atoms with Crippen molar-refractivity contribution in [1.82, 2.24) is 10.3 Å². The molecule has 1 fully saturated rings. The van der Waals surface area contributed by atoms with Crippen LogP contribution in [0.2, 0.25) is 0 Å². The summed E-state index contributed by atoms with van der Waals surface area (Å²) in [4.78, 5) is 36.5. The molecule has 1 aromatic rings. The lowest BCUT2D eigenvalue weighted by molar-refractivity contribution is -0.144. The summed E-state index contributed by atoms with van der Waals surface area (Å²) in [6.45, 7) is 0. The number of aliphatic carboxylic acids is 1. The van der Waals surface area contributed by atoms with Gasteiger partial charge in [0.1, 0.15) is 5.54 Å².